The van der Waals surface area contributed by atoms with E-state index in [2.05, 4.69) is 0 Å². The molecule has 1 saturated carbocycles. The Morgan fingerprint density at radius 2 is 1.75 bits per heavy atom. The number of hydrogen-bond donors (Lipinski definition) is 1. The van der Waals surface area contributed by atoms with Gasteiger partial charge in [-0.15, -0.1) is 0 Å². The summed E-state index contributed by atoms with van der Waals surface area (Å²) >= 11 is 0. The van der Waals surface area contributed by atoms with Crippen LogP contribution in [0.15, 0.2) is 0 Å². The van der Waals surface area contributed by atoms with Gasteiger partial charge in [-0.05, 0) is 32.1 Å². The van der Waals surface area contributed by atoms with Gasteiger partial charge in [-0.25, -0.2) is 8.42 Å². The fourth-order valence-corrected chi connectivity index (χ4v) is 2.68. The zero-order chi connectivity index (χ0) is 15.0. The van der Waals surface area contributed by atoms with Crippen LogP contribution in [0.1, 0.15) is 57.8 Å². The van der Waals surface area contributed by atoms with E-state index >= 15 is 0 Å². The first kappa shape index (κ1) is 17.3. The van der Waals surface area contributed by atoms with Gasteiger partial charge in [-0.2, -0.15) is 8.78 Å². The highest BCUT2D eigenvalue weighted by Gasteiger charge is 2.31. The van der Waals surface area contributed by atoms with Crippen LogP contribution in [0.5, 0.6) is 0 Å². The van der Waals surface area contributed by atoms with Crippen molar-refractivity contribution in [1.82, 2.24) is 0 Å². The standard InChI is InChI=1S/C13H22F2O4S/c14-13(15,20(17)18)9-5-2-6-10-19-12(16)11-7-3-1-4-8-11/h11,20H,1-10H2. The van der Waals surface area contributed by atoms with Gasteiger partial charge >= 0.3 is 11.2 Å². The summed E-state index contributed by atoms with van der Waals surface area (Å²) in [5.41, 5.74) is 0. The van der Waals surface area contributed by atoms with Gasteiger partial charge < -0.3 is 4.74 Å². The molecule has 0 aromatic heterocycles. The first-order valence-corrected chi connectivity index (χ1v) is 8.30. The van der Waals surface area contributed by atoms with Crippen LogP contribution in [0.3, 0.4) is 0 Å². The first-order chi connectivity index (χ1) is 9.43. The number of unbranched alkanes of at least 4 members (excludes halogenated alkanes) is 2. The van der Waals surface area contributed by atoms with Gasteiger partial charge in [0.05, 0.1) is 12.5 Å². The molecule has 0 aliphatic heterocycles. The molecule has 0 bridgehead atoms. The number of esters is 1. The Morgan fingerprint density at radius 3 is 2.35 bits per heavy atom. The summed E-state index contributed by atoms with van der Waals surface area (Å²) < 4.78 is 51.1. The van der Waals surface area contributed by atoms with Crippen molar-refractivity contribution < 1.29 is 26.7 Å². The molecule has 0 atom stereocenters. The second kappa shape index (κ2) is 8.54. The molecule has 0 unspecified atom stereocenters. The van der Waals surface area contributed by atoms with Gasteiger partial charge in [-0.3, -0.25) is 4.79 Å². The molecule has 1 fully saturated rings. The third kappa shape index (κ3) is 6.15. The molecule has 0 aromatic rings. The molecule has 7 heteroatoms. The Labute approximate surface area is 119 Å². The first-order valence-electron chi connectivity index (χ1n) is 7.12. The molecule has 4 nitrogen and oxygen atoms in total. The van der Waals surface area contributed by atoms with E-state index in [0.717, 1.165) is 25.7 Å². The molecule has 1 aliphatic rings. The van der Waals surface area contributed by atoms with Crippen LogP contribution < -0.4 is 0 Å². The Morgan fingerprint density at radius 1 is 1.10 bits per heavy atom. The molecule has 20 heavy (non-hydrogen) atoms. The number of halogens is 2. The second-order valence-electron chi connectivity index (χ2n) is 5.24. The SMILES string of the molecule is O=C(OCCCCCC(F)(F)[SH](=O)=O)C1CCCCC1. The normalized spacial score (nSPS) is 17.4. The Balaban J connectivity index is 2.06. The lowest BCUT2D eigenvalue weighted by atomic mass is 9.89. The van der Waals surface area contributed by atoms with Crippen LogP contribution in [-0.4, -0.2) is 26.2 Å². The molecule has 118 valence electrons. The van der Waals surface area contributed by atoms with Crippen LogP contribution in [-0.2, 0) is 20.2 Å². The van der Waals surface area contributed by atoms with Crippen molar-refractivity contribution in [3.63, 3.8) is 0 Å². The van der Waals surface area contributed by atoms with E-state index in [4.69, 9.17) is 4.74 Å². The number of thiol groups is 1. The van der Waals surface area contributed by atoms with E-state index in [1.54, 1.807) is 0 Å². The van der Waals surface area contributed by atoms with Crippen molar-refractivity contribution in [3.8, 4) is 0 Å². The Bertz CT molecular complexity index is 369. The van der Waals surface area contributed by atoms with E-state index < -0.39 is 22.4 Å². The number of ether oxygens (including phenoxy) is 1. The van der Waals surface area contributed by atoms with Crippen LogP contribution in [0.2, 0.25) is 0 Å². The molecule has 0 aromatic carbocycles. The third-order valence-electron chi connectivity index (χ3n) is 3.57. The van der Waals surface area contributed by atoms with Gasteiger partial charge in [0.25, 0.3) is 0 Å². The monoisotopic (exact) mass is 312 g/mol. The van der Waals surface area contributed by atoms with E-state index in [9.17, 15) is 22.0 Å². The molecular formula is C13H22F2O4S. The predicted molar refractivity (Wildman–Crippen MR) is 71.3 cm³/mol. The minimum Gasteiger partial charge on any atom is -0.465 e. The maximum Gasteiger partial charge on any atom is 0.343 e. The zero-order valence-corrected chi connectivity index (χ0v) is 12.4. The molecule has 0 spiro atoms. The summed E-state index contributed by atoms with van der Waals surface area (Å²) in [7, 11) is -3.71. The maximum atomic E-state index is 12.7. The summed E-state index contributed by atoms with van der Waals surface area (Å²) in [6.45, 7) is 0.227. The number of hydrogen-bond acceptors (Lipinski definition) is 4. The lowest BCUT2D eigenvalue weighted by molar-refractivity contribution is -0.149. The maximum absolute atomic E-state index is 12.7. The molecule has 0 saturated heterocycles. The van der Waals surface area contributed by atoms with Crippen molar-refractivity contribution >= 4 is 16.7 Å². The topological polar surface area (TPSA) is 60.4 Å². The third-order valence-corrected chi connectivity index (χ3v) is 4.33. The molecule has 1 aliphatic carbocycles. The highest BCUT2D eigenvalue weighted by Crippen LogP contribution is 2.25. The highest BCUT2D eigenvalue weighted by atomic mass is 32.2. The smallest absolute Gasteiger partial charge is 0.343 e. The van der Waals surface area contributed by atoms with Crippen molar-refractivity contribution in [2.24, 2.45) is 5.92 Å². The van der Waals surface area contributed by atoms with Crippen molar-refractivity contribution in [2.75, 3.05) is 6.61 Å². The van der Waals surface area contributed by atoms with Gasteiger partial charge in [-0.1, -0.05) is 19.3 Å². The van der Waals surface area contributed by atoms with Gasteiger partial charge in [0.1, 0.15) is 0 Å². The van der Waals surface area contributed by atoms with Crippen molar-refractivity contribution in [2.45, 2.75) is 63.0 Å². The van der Waals surface area contributed by atoms with Crippen molar-refractivity contribution in [1.29, 1.82) is 0 Å². The fourth-order valence-electron chi connectivity index (χ4n) is 2.34. The summed E-state index contributed by atoms with van der Waals surface area (Å²) in [6.07, 6.45) is 5.40. The average Bonchev–Trinajstić information content (AvgIpc) is 2.43. The van der Waals surface area contributed by atoms with Gasteiger partial charge in [0, 0.05) is 6.42 Å². The molecule has 0 heterocycles. The molecule has 0 N–H and O–H groups in total. The molecule has 0 amide bonds. The van der Waals surface area contributed by atoms with E-state index in [1.165, 1.54) is 6.42 Å². The highest BCUT2D eigenvalue weighted by molar-refractivity contribution is 7.73. The molecule has 1 rings (SSSR count). The Hall–Kier alpha value is -0.720. The van der Waals surface area contributed by atoms with E-state index in [-0.39, 0.29) is 24.9 Å². The summed E-state index contributed by atoms with van der Waals surface area (Å²) in [4.78, 5) is 11.7. The van der Waals surface area contributed by atoms with Crippen LogP contribution >= 0.6 is 0 Å². The van der Waals surface area contributed by atoms with Crippen LogP contribution in [0.4, 0.5) is 8.78 Å². The second-order valence-corrected chi connectivity index (χ2v) is 6.40. The van der Waals surface area contributed by atoms with Crippen LogP contribution in [0.25, 0.3) is 0 Å². The predicted octanol–water partition coefficient (Wildman–Crippen LogP) is 2.87. The number of carbonyl (C=O) groups is 1. The molecule has 0 radical (unpaired) electrons. The summed E-state index contributed by atoms with van der Waals surface area (Å²) in [6, 6.07) is 0. The molecular weight excluding hydrogens is 290 g/mol. The fraction of sp³-hybridized carbons (Fsp3) is 0.923. The minimum absolute atomic E-state index is 0.00225. The Kier molecular flexibility index (Phi) is 7.40. The van der Waals surface area contributed by atoms with Gasteiger partial charge in [0.15, 0.2) is 0 Å². The zero-order valence-electron chi connectivity index (χ0n) is 11.5. The summed E-state index contributed by atoms with van der Waals surface area (Å²) in [5, 5.41) is -3.62. The van der Waals surface area contributed by atoms with E-state index in [0.29, 0.717) is 12.8 Å². The quantitative estimate of drug-likeness (QED) is 0.425. The lowest BCUT2D eigenvalue weighted by Gasteiger charge is -2.19. The van der Waals surface area contributed by atoms with Gasteiger partial charge in [0.2, 0.25) is 10.7 Å². The lowest BCUT2D eigenvalue weighted by Crippen LogP contribution is -2.21. The minimum atomic E-state index is -3.71. The number of rotatable bonds is 8. The summed E-state index contributed by atoms with van der Waals surface area (Å²) in [5.74, 6) is -0.185. The van der Waals surface area contributed by atoms with E-state index in [1.807, 2.05) is 0 Å². The average molecular weight is 312 g/mol. The number of carbonyl (C=O) groups excluding carboxylic acids is 1. The van der Waals surface area contributed by atoms with Crippen molar-refractivity contribution in [3.05, 3.63) is 0 Å². The largest absolute Gasteiger partial charge is 0.465 e. The number of alkyl halides is 2. The van der Waals surface area contributed by atoms with Crippen LogP contribution in [0, 0.1) is 5.92 Å².